The average Bonchev–Trinajstić information content (AvgIpc) is 2.63. The molecule has 1 atom stereocenters. The first-order chi connectivity index (χ1) is 12.8. The van der Waals surface area contributed by atoms with Crippen LogP contribution in [0.1, 0.15) is 31.4 Å². The standard InChI is InChI=1S/C19H25N3O4S/c1-4-8-17(15-9-6-5-7-10-15)20-18(23)14-22-13-16(11-12-19(22)24)27(25,26)21(2)3/h5-7,9-13,17H,4,8,14H2,1-3H3,(H,20,23)/t17-/m1/s1. The van der Waals surface area contributed by atoms with Crippen LogP contribution in [0.3, 0.4) is 0 Å². The van der Waals surface area contributed by atoms with Gasteiger partial charge in [-0.05, 0) is 18.1 Å². The Kier molecular flexibility index (Phi) is 6.92. The third-order valence-electron chi connectivity index (χ3n) is 4.16. The molecule has 1 aromatic heterocycles. The number of nitrogens with zero attached hydrogens (tertiary/aromatic N) is 2. The summed E-state index contributed by atoms with van der Waals surface area (Å²) in [7, 11) is -0.866. The van der Waals surface area contributed by atoms with E-state index >= 15 is 0 Å². The zero-order valence-electron chi connectivity index (χ0n) is 15.8. The summed E-state index contributed by atoms with van der Waals surface area (Å²) in [6.07, 6.45) is 2.85. The Balaban J connectivity index is 2.21. The number of nitrogens with one attached hydrogen (secondary N) is 1. The van der Waals surface area contributed by atoms with E-state index in [1.807, 2.05) is 37.3 Å². The molecule has 0 aliphatic heterocycles. The summed E-state index contributed by atoms with van der Waals surface area (Å²) in [6, 6.07) is 11.8. The van der Waals surface area contributed by atoms with Crippen LogP contribution in [-0.2, 0) is 21.4 Å². The van der Waals surface area contributed by atoms with Crippen molar-refractivity contribution in [3.8, 4) is 0 Å². The molecule has 1 heterocycles. The van der Waals surface area contributed by atoms with Gasteiger partial charge in [0, 0.05) is 26.4 Å². The van der Waals surface area contributed by atoms with Gasteiger partial charge in [-0.1, -0.05) is 43.7 Å². The molecule has 7 nitrogen and oxygen atoms in total. The highest BCUT2D eigenvalue weighted by atomic mass is 32.2. The highest BCUT2D eigenvalue weighted by Crippen LogP contribution is 2.18. The second-order valence-corrected chi connectivity index (χ2v) is 8.59. The Hall–Kier alpha value is -2.45. The molecular formula is C19H25N3O4S. The number of sulfonamides is 1. The molecule has 0 saturated heterocycles. The molecule has 0 spiro atoms. The van der Waals surface area contributed by atoms with Gasteiger partial charge in [-0.15, -0.1) is 0 Å². The molecule has 2 rings (SSSR count). The Morgan fingerprint density at radius 1 is 1.15 bits per heavy atom. The molecule has 27 heavy (non-hydrogen) atoms. The first-order valence-electron chi connectivity index (χ1n) is 8.73. The van der Waals surface area contributed by atoms with Crippen molar-refractivity contribution in [1.29, 1.82) is 0 Å². The molecule has 0 aliphatic carbocycles. The summed E-state index contributed by atoms with van der Waals surface area (Å²) >= 11 is 0. The lowest BCUT2D eigenvalue weighted by Crippen LogP contribution is -2.35. The first-order valence-corrected chi connectivity index (χ1v) is 10.2. The molecule has 0 fully saturated rings. The van der Waals surface area contributed by atoms with Crippen LogP contribution in [0, 0.1) is 0 Å². The summed E-state index contributed by atoms with van der Waals surface area (Å²) in [5.41, 5.74) is 0.554. The number of benzene rings is 1. The number of carbonyl (C=O) groups is 1. The molecule has 0 bridgehead atoms. The molecule has 2 aromatic rings. The molecular weight excluding hydrogens is 366 g/mol. The molecule has 1 N–H and O–H groups in total. The number of amides is 1. The minimum absolute atomic E-state index is 0.0342. The van der Waals surface area contributed by atoms with Crippen molar-refractivity contribution >= 4 is 15.9 Å². The summed E-state index contributed by atoms with van der Waals surface area (Å²) in [5, 5.41) is 2.93. The minimum Gasteiger partial charge on any atom is -0.348 e. The molecule has 0 unspecified atom stereocenters. The average molecular weight is 391 g/mol. The summed E-state index contributed by atoms with van der Waals surface area (Å²) in [5.74, 6) is -0.348. The lowest BCUT2D eigenvalue weighted by molar-refractivity contribution is -0.122. The molecule has 1 aromatic carbocycles. The summed E-state index contributed by atoms with van der Waals surface area (Å²) < 4.78 is 26.6. The van der Waals surface area contributed by atoms with Crippen molar-refractivity contribution in [2.75, 3.05) is 14.1 Å². The second-order valence-electron chi connectivity index (χ2n) is 6.44. The maximum Gasteiger partial charge on any atom is 0.251 e. The molecule has 8 heteroatoms. The number of rotatable bonds is 8. The molecule has 0 saturated carbocycles. The minimum atomic E-state index is -3.68. The lowest BCUT2D eigenvalue weighted by atomic mass is 10.0. The van der Waals surface area contributed by atoms with E-state index in [1.54, 1.807) is 0 Å². The van der Waals surface area contributed by atoms with E-state index in [4.69, 9.17) is 0 Å². The van der Waals surface area contributed by atoms with Crippen LogP contribution in [0.4, 0.5) is 0 Å². The monoisotopic (exact) mass is 391 g/mol. The van der Waals surface area contributed by atoms with Gasteiger partial charge >= 0.3 is 0 Å². The smallest absolute Gasteiger partial charge is 0.251 e. The van der Waals surface area contributed by atoms with Crippen molar-refractivity contribution in [2.24, 2.45) is 0 Å². The number of hydrogen-bond acceptors (Lipinski definition) is 4. The van der Waals surface area contributed by atoms with E-state index in [0.717, 1.165) is 33.3 Å². The van der Waals surface area contributed by atoms with Gasteiger partial charge in [-0.3, -0.25) is 9.59 Å². The Morgan fingerprint density at radius 2 is 1.81 bits per heavy atom. The van der Waals surface area contributed by atoms with Gasteiger partial charge in [0.05, 0.1) is 10.9 Å². The third-order valence-corrected chi connectivity index (χ3v) is 5.96. The van der Waals surface area contributed by atoms with E-state index < -0.39 is 15.6 Å². The first kappa shape index (κ1) is 20.9. The number of aromatic nitrogens is 1. The zero-order valence-corrected chi connectivity index (χ0v) is 16.6. The highest BCUT2D eigenvalue weighted by molar-refractivity contribution is 7.89. The van der Waals surface area contributed by atoms with Crippen molar-refractivity contribution in [3.63, 3.8) is 0 Å². The van der Waals surface area contributed by atoms with Crippen LogP contribution in [0.5, 0.6) is 0 Å². The fraction of sp³-hybridized carbons (Fsp3) is 0.368. The fourth-order valence-corrected chi connectivity index (χ4v) is 3.61. The van der Waals surface area contributed by atoms with Crippen LogP contribution in [-0.4, -0.2) is 37.3 Å². The molecule has 1 amide bonds. The summed E-state index contributed by atoms with van der Waals surface area (Å²) in [4.78, 5) is 24.5. The lowest BCUT2D eigenvalue weighted by Gasteiger charge is -2.19. The maximum atomic E-state index is 12.5. The molecule has 146 valence electrons. The van der Waals surface area contributed by atoms with E-state index in [1.165, 1.54) is 26.4 Å². The SMILES string of the molecule is CCC[C@@H](NC(=O)Cn1cc(S(=O)(=O)N(C)C)ccc1=O)c1ccccc1. The van der Waals surface area contributed by atoms with E-state index in [9.17, 15) is 18.0 Å². The Morgan fingerprint density at radius 3 is 2.41 bits per heavy atom. The van der Waals surface area contributed by atoms with Crippen molar-refractivity contribution in [3.05, 3.63) is 64.6 Å². The van der Waals surface area contributed by atoms with E-state index in [-0.39, 0.29) is 23.4 Å². The predicted molar refractivity (Wildman–Crippen MR) is 104 cm³/mol. The molecule has 0 aliphatic rings. The summed E-state index contributed by atoms with van der Waals surface area (Å²) in [6.45, 7) is 1.78. The van der Waals surface area contributed by atoms with Crippen LogP contribution in [0.15, 0.2) is 58.4 Å². The fourth-order valence-electron chi connectivity index (χ4n) is 2.69. The van der Waals surface area contributed by atoms with Gasteiger partial charge in [0.1, 0.15) is 6.54 Å². The predicted octanol–water partition coefficient (Wildman–Crippen LogP) is 1.76. The van der Waals surface area contributed by atoms with Gasteiger partial charge in [-0.25, -0.2) is 12.7 Å². The largest absolute Gasteiger partial charge is 0.348 e. The van der Waals surface area contributed by atoms with Crippen LogP contribution < -0.4 is 10.9 Å². The van der Waals surface area contributed by atoms with E-state index in [0.29, 0.717) is 0 Å². The van der Waals surface area contributed by atoms with Gasteiger partial charge in [-0.2, -0.15) is 0 Å². The topological polar surface area (TPSA) is 88.5 Å². The van der Waals surface area contributed by atoms with Gasteiger partial charge in [0.2, 0.25) is 15.9 Å². The normalized spacial score (nSPS) is 12.7. The third kappa shape index (κ3) is 5.27. The van der Waals surface area contributed by atoms with Crippen LogP contribution >= 0.6 is 0 Å². The van der Waals surface area contributed by atoms with Crippen LogP contribution in [0.25, 0.3) is 0 Å². The van der Waals surface area contributed by atoms with Crippen molar-refractivity contribution in [2.45, 2.75) is 37.2 Å². The molecule has 0 radical (unpaired) electrons. The second kappa shape index (κ2) is 8.96. The van der Waals surface area contributed by atoms with Gasteiger partial charge < -0.3 is 9.88 Å². The Bertz CT molecular complexity index is 937. The Labute approximate surface area is 159 Å². The van der Waals surface area contributed by atoms with E-state index in [2.05, 4.69) is 5.32 Å². The highest BCUT2D eigenvalue weighted by Gasteiger charge is 2.19. The zero-order chi connectivity index (χ0) is 20.0. The van der Waals surface area contributed by atoms with Crippen molar-refractivity contribution in [1.82, 2.24) is 14.2 Å². The number of carbonyl (C=O) groups excluding carboxylic acids is 1. The van der Waals surface area contributed by atoms with Crippen molar-refractivity contribution < 1.29 is 13.2 Å². The van der Waals surface area contributed by atoms with Gasteiger partial charge in [0.15, 0.2) is 0 Å². The van der Waals surface area contributed by atoms with Crippen LogP contribution in [0.2, 0.25) is 0 Å². The number of hydrogen-bond donors (Lipinski definition) is 1. The number of pyridine rings is 1. The van der Waals surface area contributed by atoms with Gasteiger partial charge in [0.25, 0.3) is 5.56 Å². The maximum absolute atomic E-state index is 12.5. The quantitative estimate of drug-likeness (QED) is 0.743.